The van der Waals surface area contributed by atoms with E-state index in [1.54, 1.807) is 4.90 Å². The van der Waals surface area contributed by atoms with Gasteiger partial charge in [0.1, 0.15) is 12.2 Å². The molecule has 1 aliphatic rings. The number of nitriles is 1. The molecule has 96 valence electrons. The quantitative estimate of drug-likeness (QED) is 0.788. The fourth-order valence-electron chi connectivity index (χ4n) is 2.47. The monoisotopic (exact) mass is 253 g/mol. The number of rotatable bonds is 3. The Morgan fingerprint density at radius 3 is 2.84 bits per heavy atom. The summed E-state index contributed by atoms with van der Waals surface area (Å²) >= 11 is 0. The molecule has 0 radical (unpaired) electrons. The molecule has 1 fully saturated rings. The summed E-state index contributed by atoms with van der Waals surface area (Å²) in [6, 6.07) is 12.2. The van der Waals surface area contributed by atoms with Gasteiger partial charge in [-0.05, 0) is 25.0 Å². The van der Waals surface area contributed by atoms with Crippen LogP contribution in [0.25, 0.3) is 10.9 Å². The zero-order chi connectivity index (χ0) is 13.4. The summed E-state index contributed by atoms with van der Waals surface area (Å²) in [6.07, 6.45) is 2.02. The molecule has 1 aromatic heterocycles. The number of amides is 1. The lowest BCUT2D eigenvalue weighted by molar-refractivity contribution is 0.0756. The molecule has 4 heteroatoms. The van der Waals surface area contributed by atoms with Gasteiger partial charge >= 0.3 is 0 Å². The fourth-order valence-corrected chi connectivity index (χ4v) is 2.47. The first kappa shape index (κ1) is 11.8. The smallest absolute Gasteiger partial charge is 0.271 e. The van der Waals surface area contributed by atoms with Crippen LogP contribution >= 0.6 is 0 Å². The van der Waals surface area contributed by atoms with Gasteiger partial charge in [-0.25, -0.2) is 0 Å². The first-order valence-electron chi connectivity index (χ1n) is 6.44. The van der Waals surface area contributed by atoms with Crippen molar-refractivity contribution >= 4 is 16.8 Å². The lowest BCUT2D eigenvalue weighted by Gasteiger charge is -2.19. The molecule has 2 aromatic rings. The molecule has 0 aliphatic heterocycles. The maximum Gasteiger partial charge on any atom is 0.271 e. The maximum absolute atomic E-state index is 12.6. The van der Waals surface area contributed by atoms with Crippen molar-refractivity contribution < 1.29 is 4.79 Å². The van der Waals surface area contributed by atoms with Gasteiger partial charge in [0, 0.05) is 24.0 Å². The van der Waals surface area contributed by atoms with E-state index in [1.165, 1.54) is 0 Å². The maximum atomic E-state index is 12.6. The minimum atomic E-state index is -0.0391. The van der Waals surface area contributed by atoms with E-state index < -0.39 is 0 Å². The number of carbonyl (C=O) groups is 1. The van der Waals surface area contributed by atoms with Crippen molar-refractivity contribution in [1.82, 2.24) is 9.47 Å². The minimum Gasteiger partial charge on any atom is -0.340 e. The number of para-hydroxylation sites is 1. The Balaban J connectivity index is 2.01. The Morgan fingerprint density at radius 1 is 1.47 bits per heavy atom. The fraction of sp³-hybridized carbons (Fsp3) is 0.333. The molecule has 19 heavy (non-hydrogen) atoms. The molecule has 0 unspecified atom stereocenters. The van der Waals surface area contributed by atoms with Crippen molar-refractivity contribution in [2.75, 3.05) is 6.54 Å². The second kappa shape index (κ2) is 4.43. The lowest BCUT2D eigenvalue weighted by Crippen LogP contribution is -2.34. The van der Waals surface area contributed by atoms with E-state index in [9.17, 15) is 4.79 Å². The van der Waals surface area contributed by atoms with Crippen molar-refractivity contribution in [3.8, 4) is 6.07 Å². The number of hydrogen-bond donors (Lipinski definition) is 0. The van der Waals surface area contributed by atoms with Crippen molar-refractivity contribution in [3.05, 3.63) is 36.0 Å². The number of benzene rings is 1. The summed E-state index contributed by atoms with van der Waals surface area (Å²) in [7, 11) is 1.90. The van der Waals surface area contributed by atoms with E-state index in [4.69, 9.17) is 5.26 Å². The number of carbonyl (C=O) groups excluding carboxylic acids is 1. The average Bonchev–Trinajstić information content (AvgIpc) is 3.21. The third-order valence-corrected chi connectivity index (χ3v) is 3.66. The number of aromatic nitrogens is 1. The predicted molar refractivity (Wildman–Crippen MR) is 72.6 cm³/mol. The average molecular weight is 253 g/mol. The van der Waals surface area contributed by atoms with Gasteiger partial charge in [0.15, 0.2) is 0 Å². The largest absolute Gasteiger partial charge is 0.340 e. The van der Waals surface area contributed by atoms with Crippen molar-refractivity contribution in [1.29, 1.82) is 5.26 Å². The van der Waals surface area contributed by atoms with E-state index in [1.807, 2.05) is 41.9 Å². The molecule has 1 aliphatic carbocycles. The number of aryl methyl sites for hydroxylation is 1. The molecule has 4 nitrogen and oxygen atoms in total. The van der Waals surface area contributed by atoms with Crippen LogP contribution in [0.1, 0.15) is 23.3 Å². The van der Waals surface area contributed by atoms with Crippen LogP contribution in [0, 0.1) is 11.3 Å². The molecule has 3 rings (SSSR count). The van der Waals surface area contributed by atoms with Crippen LogP contribution in [-0.4, -0.2) is 28.0 Å². The normalized spacial score (nSPS) is 14.3. The highest BCUT2D eigenvalue weighted by Crippen LogP contribution is 2.29. The van der Waals surface area contributed by atoms with Gasteiger partial charge in [0.25, 0.3) is 5.91 Å². The van der Waals surface area contributed by atoms with Crippen molar-refractivity contribution in [2.45, 2.75) is 18.9 Å². The van der Waals surface area contributed by atoms with Gasteiger partial charge < -0.3 is 9.47 Å². The summed E-state index contributed by atoms with van der Waals surface area (Å²) in [4.78, 5) is 14.2. The third-order valence-electron chi connectivity index (χ3n) is 3.66. The lowest BCUT2D eigenvalue weighted by atomic mass is 10.2. The zero-order valence-electron chi connectivity index (χ0n) is 10.8. The van der Waals surface area contributed by atoms with E-state index >= 15 is 0 Å². The van der Waals surface area contributed by atoms with Crippen LogP contribution in [0.15, 0.2) is 30.3 Å². The minimum absolute atomic E-state index is 0.0391. The molecule has 1 aromatic carbocycles. The highest BCUT2D eigenvalue weighted by molar-refractivity contribution is 5.99. The van der Waals surface area contributed by atoms with Crippen molar-refractivity contribution in [2.24, 2.45) is 7.05 Å². The van der Waals surface area contributed by atoms with E-state index in [0.29, 0.717) is 5.69 Å². The Hall–Kier alpha value is -2.28. The molecular formula is C15H15N3O. The second-order valence-electron chi connectivity index (χ2n) is 4.97. The van der Waals surface area contributed by atoms with Gasteiger partial charge in [-0.3, -0.25) is 4.79 Å². The first-order valence-corrected chi connectivity index (χ1v) is 6.44. The van der Waals surface area contributed by atoms with Crippen LogP contribution in [0.2, 0.25) is 0 Å². The van der Waals surface area contributed by atoms with E-state index in [-0.39, 0.29) is 18.5 Å². The van der Waals surface area contributed by atoms with Crippen molar-refractivity contribution in [3.63, 3.8) is 0 Å². The molecule has 0 atom stereocenters. The highest BCUT2D eigenvalue weighted by Gasteiger charge is 2.33. The summed E-state index contributed by atoms with van der Waals surface area (Å²) in [6.45, 7) is 0.172. The van der Waals surface area contributed by atoms with Gasteiger partial charge in [-0.1, -0.05) is 18.2 Å². The van der Waals surface area contributed by atoms with Crippen LogP contribution in [0.4, 0.5) is 0 Å². The molecule has 0 bridgehead atoms. The van der Waals surface area contributed by atoms with Crippen LogP contribution in [0.3, 0.4) is 0 Å². The molecule has 0 spiro atoms. The van der Waals surface area contributed by atoms with Gasteiger partial charge in [-0.2, -0.15) is 5.26 Å². The Bertz CT molecular complexity index is 676. The Morgan fingerprint density at radius 2 is 2.21 bits per heavy atom. The predicted octanol–water partition coefficient (Wildman–Crippen LogP) is 2.31. The van der Waals surface area contributed by atoms with E-state index in [0.717, 1.165) is 23.7 Å². The van der Waals surface area contributed by atoms with Crippen LogP contribution in [-0.2, 0) is 7.05 Å². The van der Waals surface area contributed by atoms with Gasteiger partial charge in [-0.15, -0.1) is 0 Å². The summed E-state index contributed by atoms with van der Waals surface area (Å²) in [5, 5.41) is 9.92. The molecule has 1 amide bonds. The molecule has 1 heterocycles. The summed E-state index contributed by atoms with van der Waals surface area (Å²) in [5.74, 6) is -0.0391. The standard InChI is InChI=1S/C15H15N3O/c1-17-13-5-3-2-4-11(13)10-14(17)15(19)18(9-8-16)12-6-7-12/h2-5,10,12H,6-7,9H2,1H3. The SMILES string of the molecule is Cn1c(C(=O)N(CC#N)C2CC2)cc2ccccc21. The third kappa shape index (κ3) is 1.97. The summed E-state index contributed by atoms with van der Waals surface area (Å²) < 4.78 is 1.91. The second-order valence-corrected chi connectivity index (χ2v) is 4.97. The molecular weight excluding hydrogens is 238 g/mol. The topological polar surface area (TPSA) is 49.0 Å². The molecule has 1 saturated carbocycles. The highest BCUT2D eigenvalue weighted by atomic mass is 16.2. The number of hydrogen-bond acceptors (Lipinski definition) is 2. The number of fused-ring (bicyclic) bond motifs is 1. The van der Waals surface area contributed by atoms with Gasteiger partial charge in [0.2, 0.25) is 0 Å². The van der Waals surface area contributed by atoms with E-state index in [2.05, 4.69) is 6.07 Å². The molecule has 0 saturated heterocycles. The first-order chi connectivity index (χ1) is 9.22. The van der Waals surface area contributed by atoms with Crippen LogP contribution in [0.5, 0.6) is 0 Å². The molecule has 0 N–H and O–H groups in total. The van der Waals surface area contributed by atoms with Crippen LogP contribution < -0.4 is 0 Å². The zero-order valence-corrected chi connectivity index (χ0v) is 10.8. The van der Waals surface area contributed by atoms with Gasteiger partial charge in [0.05, 0.1) is 6.07 Å². The summed E-state index contributed by atoms with van der Waals surface area (Å²) in [5.41, 5.74) is 1.70. The number of nitrogens with zero attached hydrogens (tertiary/aromatic N) is 3. The Labute approximate surface area is 111 Å². The Kier molecular flexibility index (Phi) is 2.75.